The largest absolute Gasteiger partial charge is 0.253 e. The van der Waals surface area contributed by atoms with E-state index >= 15 is 0 Å². The maximum Gasteiger partial charge on any atom is 0.206 e. The first kappa shape index (κ1) is 18.1. The summed E-state index contributed by atoms with van der Waals surface area (Å²) in [6, 6.07) is 20.8. The molecule has 0 N–H and O–H groups in total. The molecule has 0 aliphatic carbocycles. The molecule has 132 valence electrons. The fourth-order valence-electron chi connectivity index (χ4n) is 2.64. The first-order chi connectivity index (χ1) is 12.8. The maximum atomic E-state index is 4.88. The summed E-state index contributed by atoms with van der Waals surface area (Å²) >= 11 is 1.61. The molecule has 0 radical (unpaired) electrons. The maximum absolute atomic E-state index is 4.88. The van der Waals surface area contributed by atoms with Crippen molar-refractivity contribution in [2.75, 3.05) is 6.54 Å². The van der Waals surface area contributed by atoms with E-state index < -0.39 is 0 Å². The number of rotatable bonds is 7. The third-order valence-corrected chi connectivity index (χ3v) is 4.85. The summed E-state index contributed by atoms with van der Waals surface area (Å²) < 4.78 is 1.96. The highest BCUT2D eigenvalue weighted by atomic mass is 32.1. The van der Waals surface area contributed by atoms with Crippen LogP contribution < -0.4 is 4.80 Å². The zero-order chi connectivity index (χ0) is 18.2. The van der Waals surface area contributed by atoms with Crippen molar-refractivity contribution in [3.63, 3.8) is 0 Å². The summed E-state index contributed by atoms with van der Waals surface area (Å²) in [5.74, 6) is 0. The third kappa shape index (κ3) is 4.67. The molecule has 0 bridgehead atoms. The van der Waals surface area contributed by atoms with E-state index in [0.717, 1.165) is 34.6 Å². The van der Waals surface area contributed by atoms with Crippen LogP contribution in [0.15, 0.2) is 88.8 Å². The SMILES string of the molecule is C=CCN=c1scc(-c2ccccc2)n1N=C(C)CCc1ccccc1. The standard InChI is InChI=1S/C22H23N3S/c1-3-16-23-22-25(21(17-26-22)20-12-8-5-9-13-20)24-18(2)14-15-19-10-6-4-7-11-19/h3-13,17H,1,14-16H2,2H3. The number of nitrogens with zero attached hydrogens (tertiary/aromatic N) is 3. The number of hydrogen-bond acceptors (Lipinski definition) is 3. The van der Waals surface area contributed by atoms with Crippen LogP contribution in [0.3, 0.4) is 0 Å². The van der Waals surface area contributed by atoms with Gasteiger partial charge in [0.1, 0.15) is 0 Å². The molecule has 0 saturated heterocycles. The van der Waals surface area contributed by atoms with Gasteiger partial charge in [0.2, 0.25) is 4.80 Å². The molecule has 0 amide bonds. The average molecular weight is 362 g/mol. The first-order valence-corrected chi connectivity index (χ1v) is 9.61. The lowest BCUT2D eigenvalue weighted by Gasteiger charge is -2.06. The molecule has 0 unspecified atom stereocenters. The van der Waals surface area contributed by atoms with Crippen molar-refractivity contribution in [1.82, 2.24) is 4.68 Å². The molecule has 3 rings (SSSR count). The Labute approximate surface area is 158 Å². The molecule has 2 aromatic carbocycles. The lowest BCUT2D eigenvalue weighted by Crippen LogP contribution is -2.14. The van der Waals surface area contributed by atoms with Crippen LogP contribution in [0.4, 0.5) is 0 Å². The highest BCUT2D eigenvalue weighted by molar-refractivity contribution is 7.07. The zero-order valence-corrected chi connectivity index (χ0v) is 15.8. The van der Waals surface area contributed by atoms with Gasteiger partial charge in [-0.3, -0.25) is 4.99 Å². The molecular weight excluding hydrogens is 338 g/mol. The van der Waals surface area contributed by atoms with E-state index in [0.29, 0.717) is 6.54 Å². The van der Waals surface area contributed by atoms with Crippen molar-refractivity contribution in [1.29, 1.82) is 0 Å². The topological polar surface area (TPSA) is 29.6 Å². The second-order valence-electron chi connectivity index (χ2n) is 6.03. The summed E-state index contributed by atoms with van der Waals surface area (Å²) in [4.78, 5) is 5.49. The van der Waals surface area contributed by atoms with E-state index in [-0.39, 0.29) is 0 Å². The molecule has 3 nitrogen and oxygen atoms in total. The van der Waals surface area contributed by atoms with Crippen LogP contribution in [0.25, 0.3) is 11.3 Å². The molecule has 0 aliphatic heterocycles. The van der Waals surface area contributed by atoms with E-state index in [1.165, 1.54) is 5.56 Å². The Morgan fingerprint density at radius 3 is 2.46 bits per heavy atom. The number of thiazole rings is 1. The molecule has 3 aromatic rings. The van der Waals surface area contributed by atoms with E-state index in [1.54, 1.807) is 17.4 Å². The van der Waals surface area contributed by atoms with Gasteiger partial charge in [0.15, 0.2) is 0 Å². The molecule has 4 heteroatoms. The van der Waals surface area contributed by atoms with E-state index in [2.05, 4.69) is 60.3 Å². The van der Waals surface area contributed by atoms with Gasteiger partial charge >= 0.3 is 0 Å². The monoisotopic (exact) mass is 361 g/mol. The minimum atomic E-state index is 0.591. The predicted octanol–water partition coefficient (Wildman–Crippen LogP) is 5.16. The van der Waals surface area contributed by atoms with Gasteiger partial charge in [0, 0.05) is 16.7 Å². The minimum absolute atomic E-state index is 0.591. The Morgan fingerprint density at radius 2 is 1.77 bits per heavy atom. The van der Waals surface area contributed by atoms with Gasteiger partial charge < -0.3 is 0 Å². The molecule has 1 aromatic heterocycles. The van der Waals surface area contributed by atoms with Gasteiger partial charge in [-0.2, -0.15) is 5.10 Å². The van der Waals surface area contributed by atoms with E-state index in [1.807, 2.05) is 28.9 Å². The van der Waals surface area contributed by atoms with Crippen molar-refractivity contribution in [2.24, 2.45) is 10.1 Å². The fraction of sp³-hybridized carbons (Fsp3) is 0.182. The molecule has 1 heterocycles. The van der Waals surface area contributed by atoms with E-state index in [4.69, 9.17) is 5.10 Å². The summed E-state index contributed by atoms with van der Waals surface area (Å²) in [6.07, 6.45) is 3.71. The van der Waals surface area contributed by atoms with E-state index in [9.17, 15) is 0 Å². The van der Waals surface area contributed by atoms with Crippen molar-refractivity contribution >= 4 is 17.0 Å². The lowest BCUT2D eigenvalue weighted by molar-refractivity contribution is 0.823. The predicted molar refractivity (Wildman–Crippen MR) is 112 cm³/mol. The van der Waals surface area contributed by atoms with Crippen molar-refractivity contribution in [2.45, 2.75) is 19.8 Å². The molecule has 0 saturated carbocycles. The lowest BCUT2D eigenvalue weighted by atomic mass is 10.1. The number of hydrogen-bond donors (Lipinski definition) is 0. The highest BCUT2D eigenvalue weighted by Crippen LogP contribution is 2.20. The Balaban J connectivity index is 1.91. The van der Waals surface area contributed by atoms with Crippen LogP contribution in [0, 0.1) is 0 Å². The summed E-state index contributed by atoms with van der Waals surface area (Å²) in [7, 11) is 0. The van der Waals surface area contributed by atoms with Gasteiger partial charge in [-0.05, 0) is 25.3 Å². The van der Waals surface area contributed by atoms with Crippen LogP contribution in [0.5, 0.6) is 0 Å². The minimum Gasteiger partial charge on any atom is -0.253 e. The number of aromatic nitrogens is 1. The van der Waals surface area contributed by atoms with Crippen LogP contribution in [0.1, 0.15) is 18.9 Å². The van der Waals surface area contributed by atoms with Crippen molar-refractivity contribution < 1.29 is 0 Å². The zero-order valence-electron chi connectivity index (χ0n) is 15.0. The van der Waals surface area contributed by atoms with Crippen molar-refractivity contribution in [3.8, 4) is 11.3 Å². The smallest absolute Gasteiger partial charge is 0.206 e. The van der Waals surface area contributed by atoms with Crippen LogP contribution in [0.2, 0.25) is 0 Å². The van der Waals surface area contributed by atoms with Gasteiger partial charge in [-0.1, -0.05) is 66.7 Å². The molecule has 26 heavy (non-hydrogen) atoms. The first-order valence-electron chi connectivity index (χ1n) is 8.73. The van der Waals surface area contributed by atoms with Crippen LogP contribution in [-0.2, 0) is 6.42 Å². The quantitative estimate of drug-likeness (QED) is 0.411. The second kappa shape index (κ2) is 9.11. The molecule has 0 spiro atoms. The number of aryl methyl sites for hydroxylation is 1. The summed E-state index contributed by atoms with van der Waals surface area (Å²) in [5, 5.41) is 7.00. The number of benzene rings is 2. The Bertz CT molecular complexity index is 934. The normalized spacial score (nSPS) is 12.3. The summed E-state index contributed by atoms with van der Waals surface area (Å²) in [6.45, 7) is 6.43. The van der Waals surface area contributed by atoms with Crippen LogP contribution >= 0.6 is 11.3 Å². The molecule has 0 atom stereocenters. The third-order valence-electron chi connectivity index (χ3n) is 4.00. The Hall–Kier alpha value is -2.72. The van der Waals surface area contributed by atoms with Gasteiger partial charge in [0.05, 0.1) is 12.2 Å². The van der Waals surface area contributed by atoms with Crippen molar-refractivity contribution in [3.05, 3.63) is 89.1 Å². The Kier molecular flexibility index (Phi) is 6.34. The molecule has 0 aliphatic rings. The molecule has 0 fully saturated rings. The summed E-state index contributed by atoms with van der Waals surface area (Å²) in [5.41, 5.74) is 4.63. The fourth-order valence-corrected chi connectivity index (χ4v) is 3.49. The van der Waals surface area contributed by atoms with Gasteiger partial charge in [-0.25, -0.2) is 4.68 Å². The highest BCUT2D eigenvalue weighted by Gasteiger charge is 2.07. The van der Waals surface area contributed by atoms with Gasteiger partial charge in [0.25, 0.3) is 0 Å². The second-order valence-corrected chi connectivity index (χ2v) is 6.87. The Morgan fingerprint density at radius 1 is 1.08 bits per heavy atom. The molecular formula is C22H23N3S. The van der Waals surface area contributed by atoms with Gasteiger partial charge in [-0.15, -0.1) is 17.9 Å². The average Bonchev–Trinajstić information content (AvgIpc) is 3.08. The van der Waals surface area contributed by atoms with Crippen LogP contribution in [-0.4, -0.2) is 16.9 Å².